The van der Waals surface area contributed by atoms with Crippen LogP contribution in [0.15, 0.2) is 53.7 Å². The van der Waals surface area contributed by atoms with Gasteiger partial charge in [-0.15, -0.1) is 10.2 Å². The van der Waals surface area contributed by atoms with E-state index in [1.807, 2.05) is 31.2 Å². The zero-order valence-electron chi connectivity index (χ0n) is 13.6. The molecular weight excluding hydrogens is 339 g/mol. The van der Waals surface area contributed by atoms with Crippen LogP contribution in [0, 0.1) is 12.7 Å². The Kier molecular flexibility index (Phi) is 5.14. The lowest BCUT2D eigenvalue weighted by molar-refractivity contribution is -0.117. The molecule has 3 rings (SSSR count). The summed E-state index contributed by atoms with van der Waals surface area (Å²) in [6, 6.07) is 14.3. The summed E-state index contributed by atoms with van der Waals surface area (Å²) < 4.78 is 16.0. The first-order chi connectivity index (χ1) is 12.1. The molecule has 0 saturated carbocycles. The van der Waals surface area contributed by atoms with Crippen molar-refractivity contribution in [1.82, 2.24) is 14.8 Å². The van der Waals surface area contributed by atoms with E-state index in [4.69, 9.17) is 5.73 Å². The van der Waals surface area contributed by atoms with Gasteiger partial charge in [-0.2, -0.15) is 0 Å². The van der Waals surface area contributed by atoms with Crippen LogP contribution >= 0.6 is 11.8 Å². The molecule has 1 heterocycles. The zero-order valence-corrected chi connectivity index (χ0v) is 14.5. The van der Waals surface area contributed by atoms with E-state index in [0.717, 1.165) is 11.3 Å². The highest BCUT2D eigenvalue weighted by Crippen LogP contribution is 2.29. The predicted octanol–water partition coefficient (Wildman–Crippen LogP) is 3.35. The molecule has 0 bridgehead atoms. The van der Waals surface area contributed by atoms with E-state index in [2.05, 4.69) is 10.2 Å². The largest absolute Gasteiger partial charge is 0.370 e. The third-order valence-corrected chi connectivity index (χ3v) is 4.55. The van der Waals surface area contributed by atoms with Gasteiger partial charge in [-0.3, -0.25) is 9.36 Å². The normalized spacial score (nSPS) is 10.8. The molecule has 128 valence electrons. The lowest BCUT2D eigenvalue weighted by atomic mass is 10.2. The van der Waals surface area contributed by atoms with Crippen molar-refractivity contribution in [1.29, 1.82) is 0 Å². The van der Waals surface area contributed by atoms with Crippen molar-refractivity contribution in [2.45, 2.75) is 18.5 Å². The topological polar surface area (TPSA) is 73.8 Å². The van der Waals surface area contributed by atoms with Crippen molar-refractivity contribution >= 4 is 17.7 Å². The molecule has 0 aliphatic rings. The number of nitrogens with two attached hydrogens (primary N) is 1. The average Bonchev–Trinajstić information content (AvgIpc) is 2.99. The molecular formula is C18H17FN4OS. The summed E-state index contributed by atoms with van der Waals surface area (Å²) >= 11 is 1.36. The first-order valence-corrected chi connectivity index (χ1v) is 8.73. The van der Waals surface area contributed by atoms with Crippen molar-refractivity contribution < 1.29 is 9.18 Å². The first kappa shape index (κ1) is 17.2. The van der Waals surface area contributed by atoms with Crippen molar-refractivity contribution in [2.75, 3.05) is 5.75 Å². The second-order valence-electron chi connectivity index (χ2n) is 5.52. The van der Waals surface area contributed by atoms with Gasteiger partial charge in [0.15, 0.2) is 11.0 Å². The molecule has 0 fully saturated rings. The first-order valence-electron chi connectivity index (χ1n) is 7.74. The maximum atomic E-state index is 14.3. The number of aromatic nitrogens is 3. The molecule has 25 heavy (non-hydrogen) atoms. The summed E-state index contributed by atoms with van der Waals surface area (Å²) in [6.45, 7) is 2.00. The van der Waals surface area contributed by atoms with E-state index >= 15 is 0 Å². The number of benzene rings is 2. The van der Waals surface area contributed by atoms with Gasteiger partial charge < -0.3 is 5.73 Å². The highest BCUT2D eigenvalue weighted by atomic mass is 32.2. The third-order valence-electron chi connectivity index (χ3n) is 3.62. The number of halogens is 1. The molecule has 5 nitrogen and oxygen atoms in total. The molecule has 0 spiro atoms. The lowest BCUT2D eigenvalue weighted by Crippen LogP contribution is -2.11. The highest BCUT2D eigenvalue weighted by molar-refractivity contribution is 7.99. The summed E-state index contributed by atoms with van der Waals surface area (Å²) in [7, 11) is 0. The number of primary amides is 1. The number of nitrogens with zero attached hydrogens (tertiary/aromatic N) is 3. The van der Waals surface area contributed by atoms with Crippen LogP contribution in [0.4, 0.5) is 4.39 Å². The Hall–Kier alpha value is -2.67. The van der Waals surface area contributed by atoms with Gasteiger partial charge in [-0.1, -0.05) is 41.6 Å². The Morgan fingerprint density at radius 1 is 1.16 bits per heavy atom. The average molecular weight is 356 g/mol. The lowest BCUT2D eigenvalue weighted by Gasteiger charge is -2.11. The van der Waals surface area contributed by atoms with Gasteiger partial charge in [-0.25, -0.2) is 4.39 Å². The number of hydrogen-bond acceptors (Lipinski definition) is 4. The summed E-state index contributed by atoms with van der Waals surface area (Å²) in [5.41, 5.74) is 7.51. The molecule has 1 amide bonds. The molecule has 0 unspecified atom stereocenters. The Morgan fingerprint density at radius 2 is 1.88 bits per heavy atom. The van der Waals surface area contributed by atoms with Crippen molar-refractivity contribution in [3.05, 3.63) is 59.9 Å². The molecule has 7 heteroatoms. The zero-order chi connectivity index (χ0) is 17.8. The Morgan fingerprint density at radius 3 is 2.56 bits per heavy atom. The fourth-order valence-corrected chi connectivity index (χ4v) is 3.26. The van der Waals surface area contributed by atoms with Crippen molar-refractivity contribution in [3.63, 3.8) is 0 Å². The Bertz CT molecular complexity index is 892. The van der Waals surface area contributed by atoms with Crippen molar-refractivity contribution in [2.24, 2.45) is 5.73 Å². The second kappa shape index (κ2) is 7.48. The number of amides is 1. The molecule has 2 N–H and O–H groups in total. The minimum Gasteiger partial charge on any atom is -0.370 e. The molecule has 0 aliphatic carbocycles. The quantitative estimate of drug-likeness (QED) is 0.688. The number of hydrogen-bond donors (Lipinski definition) is 1. The number of carbonyl (C=O) groups is 1. The fourth-order valence-electron chi connectivity index (χ4n) is 2.35. The summed E-state index contributed by atoms with van der Waals surface area (Å²) in [6.07, 6.45) is 0.237. The molecule has 0 aliphatic heterocycles. The van der Waals surface area contributed by atoms with Gasteiger partial charge in [0.1, 0.15) is 5.82 Å². The minimum atomic E-state index is -0.372. The van der Waals surface area contributed by atoms with E-state index in [1.165, 1.54) is 17.8 Å². The highest BCUT2D eigenvalue weighted by Gasteiger charge is 2.18. The van der Waals surface area contributed by atoms with Crippen molar-refractivity contribution in [3.8, 4) is 17.1 Å². The smallest absolute Gasteiger partial charge is 0.218 e. The monoisotopic (exact) mass is 356 g/mol. The molecule has 0 saturated heterocycles. The van der Waals surface area contributed by atoms with Crippen LogP contribution in [0.5, 0.6) is 0 Å². The maximum Gasteiger partial charge on any atom is 0.218 e. The van der Waals surface area contributed by atoms with E-state index in [-0.39, 0.29) is 18.1 Å². The fraction of sp³-hybridized carbons (Fsp3) is 0.167. The van der Waals surface area contributed by atoms with Gasteiger partial charge in [0.05, 0.1) is 5.56 Å². The SMILES string of the molecule is Cc1ccc(-n2c(SCCC(N)=O)nnc2-c2ccccc2F)cc1. The Labute approximate surface area is 149 Å². The Balaban J connectivity index is 2.06. The summed E-state index contributed by atoms with van der Waals surface area (Å²) in [5, 5.41) is 8.95. The van der Waals surface area contributed by atoms with Crippen LogP contribution in [-0.2, 0) is 4.79 Å². The molecule has 1 aromatic heterocycles. The third kappa shape index (κ3) is 3.88. The van der Waals surface area contributed by atoms with Gasteiger partial charge in [0, 0.05) is 17.9 Å². The van der Waals surface area contributed by atoms with Gasteiger partial charge in [0.2, 0.25) is 5.91 Å². The van der Waals surface area contributed by atoms with Gasteiger partial charge in [-0.05, 0) is 31.2 Å². The van der Waals surface area contributed by atoms with Crippen LogP contribution in [-0.4, -0.2) is 26.4 Å². The van der Waals surface area contributed by atoms with Crippen LogP contribution in [0.3, 0.4) is 0 Å². The van der Waals surface area contributed by atoms with Crippen LogP contribution in [0.2, 0.25) is 0 Å². The van der Waals surface area contributed by atoms with E-state index in [0.29, 0.717) is 22.3 Å². The second-order valence-corrected chi connectivity index (χ2v) is 6.58. The van der Waals surface area contributed by atoms with Crippen LogP contribution in [0.25, 0.3) is 17.1 Å². The molecule has 0 atom stereocenters. The standard InChI is InChI=1S/C18H17FN4OS/c1-12-6-8-13(9-7-12)23-17(14-4-2-3-5-15(14)19)21-22-18(23)25-11-10-16(20)24/h2-9H,10-11H2,1H3,(H2,20,24). The van der Waals surface area contributed by atoms with Crippen LogP contribution in [0.1, 0.15) is 12.0 Å². The number of aryl methyl sites for hydroxylation is 1. The van der Waals surface area contributed by atoms with E-state index < -0.39 is 0 Å². The summed E-state index contributed by atoms with van der Waals surface area (Å²) in [5.74, 6) is 0.167. The number of carbonyl (C=O) groups excluding carboxylic acids is 1. The van der Waals surface area contributed by atoms with Gasteiger partial charge in [0.25, 0.3) is 0 Å². The molecule has 0 radical (unpaired) electrons. The maximum absolute atomic E-state index is 14.3. The van der Waals surface area contributed by atoms with E-state index in [1.54, 1.807) is 22.8 Å². The molecule has 3 aromatic rings. The number of rotatable bonds is 6. The minimum absolute atomic E-state index is 0.237. The number of thioether (sulfide) groups is 1. The predicted molar refractivity (Wildman–Crippen MR) is 96.0 cm³/mol. The summed E-state index contributed by atoms with van der Waals surface area (Å²) in [4.78, 5) is 11.0. The van der Waals surface area contributed by atoms with Crippen LogP contribution < -0.4 is 5.73 Å². The van der Waals surface area contributed by atoms with E-state index in [9.17, 15) is 9.18 Å². The van der Waals surface area contributed by atoms with Gasteiger partial charge >= 0.3 is 0 Å². The molecule has 2 aromatic carbocycles.